The van der Waals surface area contributed by atoms with E-state index in [2.05, 4.69) is 72.8 Å². The summed E-state index contributed by atoms with van der Waals surface area (Å²) in [5, 5.41) is 0. The van der Waals surface area contributed by atoms with Crippen molar-refractivity contribution >= 4 is 11.1 Å². The molecule has 0 aliphatic heterocycles. The van der Waals surface area contributed by atoms with Gasteiger partial charge in [-0.15, -0.1) is 0 Å². The molecule has 148 valence electrons. The monoisotopic (exact) mass is 392 g/mol. The van der Waals surface area contributed by atoms with E-state index in [1.54, 1.807) is 14.2 Å². The summed E-state index contributed by atoms with van der Waals surface area (Å²) in [6, 6.07) is 37.6. The van der Waals surface area contributed by atoms with Gasteiger partial charge in [-0.25, -0.2) is 0 Å². The van der Waals surface area contributed by atoms with Crippen molar-refractivity contribution in [1.82, 2.24) is 0 Å². The predicted octanol–water partition coefficient (Wildman–Crippen LogP) is 6.71. The Hall–Kier alpha value is -3.78. The van der Waals surface area contributed by atoms with Crippen LogP contribution in [0.15, 0.2) is 109 Å². The lowest BCUT2D eigenvalue weighted by Gasteiger charge is -2.18. The third-order valence-electron chi connectivity index (χ3n) is 5.13. The zero-order valence-corrected chi connectivity index (χ0v) is 17.2. The maximum atomic E-state index is 5.38. The topological polar surface area (TPSA) is 18.5 Å². The Balaban J connectivity index is 2.03. The molecule has 0 atom stereocenters. The second-order valence-electron chi connectivity index (χ2n) is 6.94. The minimum atomic E-state index is 0.844. The molecule has 0 fully saturated rings. The van der Waals surface area contributed by atoms with Gasteiger partial charge in [-0.2, -0.15) is 0 Å². The Morgan fingerprint density at radius 1 is 0.400 bits per heavy atom. The van der Waals surface area contributed by atoms with Gasteiger partial charge in [0.2, 0.25) is 0 Å². The molecule has 0 unspecified atom stereocenters. The first-order valence-corrected chi connectivity index (χ1v) is 9.94. The first kappa shape index (κ1) is 19.5. The Labute approximate surface area is 178 Å². The van der Waals surface area contributed by atoms with Crippen molar-refractivity contribution in [1.29, 1.82) is 0 Å². The van der Waals surface area contributed by atoms with E-state index < -0.39 is 0 Å². The third kappa shape index (κ3) is 4.13. The molecule has 2 nitrogen and oxygen atoms in total. The van der Waals surface area contributed by atoms with Gasteiger partial charge in [0, 0.05) is 0 Å². The average molecular weight is 392 g/mol. The lowest BCUT2D eigenvalue weighted by Crippen LogP contribution is -1.98. The second kappa shape index (κ2) is 9.15. The molecule has 0 bridgehead atoms. The number of methoxy groups -OCH3 is 2. The van der Waals surface area contributed by atoms with Crippen molar-refractivity contribution in [3.05, 3.63) is 131 Å². The summed E-state index contributed by atoms with van der Waals surface area (Å²) in [6.07, 6.45) is 0. The van der Waals surface area contributed by atoms with E-state index in [4.69, 9.17) is 9.47 Å². The second-order valence-corrected chi connectivity index (χ2v) is 6.94. The van der Waals surface area contributed by atoms with Crippen LogP contribution in [0.1, 0.15) is 22.3 Å². The summed E-state index contributed by atoms with van der Waals surface area (Å²) in [6.45, 7) is 0. The molecule has 0 N–H and O–H groups in total. The Morgan fingerprint density at radius 2 is 0.700 bits per heavy atom. The number of hydrogen-bond donors (Lipinski definition) is 0. The van der Waals surface area contributed by atoms with Crippen LogP contribution in [-0.2, 0) is 0 Å². The average Bonchev–Trinajstić information content (AvgIpc) is 2.84. The Kier molecular flexibility index (Phi) is 5.95. The third-order valence-corrected chi connectivity index (χ3v) is 5.13. The van der Waals surface area contributed by atoms with E-state index in [0.29, 0.717) is 0 Å². The van der Waals surface area contributed by atoms with Crippen LogP contribution >= 0.6 is 0 Å². The van der Waals surface area contributed by atoms with Gasteiger partial charge in [-0.3, -0.25) is 0 Å². The summed E-state index contributed by atoms with van der Waals surface area (Å²) in [7, 11) is 3.38. The minimum absolute atomic E-state index is 0.844. The number of benzene rings is 4. The van der Waals surface area contributed by atoms with Crippen LogP contribution in [0.4, 0.5) is 0 Å². The molecule has 0 spiro atoms. The van der Waals surface area contributed by atoms with Gasteiger partial charge in [0.05, 0.1) is 14.2 Å². The first-order valence-electron chi connectivity index (χ1n) is 9.94. The van der Waals surface area contributed by atoms with Crippen LogP contribution in [-0.4, -0.2) is 14.2 Å². The highest BCUT2D eigenvalue weighted by Gasteiger charge is 2.16. The smallest absolute Gasteiger partial charge is 0.118 e. The molecule has 0 aromatic heterocycles. The summed E-state index contributed by atoms with van der Waals surface area (Å²) in [4.78, 5) is 0. The lowest BCUT2D eigenvalue weighted by molar-refractivity contribution is 0.414. The predicted molar refractivity (Wildman–Crippen MR) is 124 cm³/mol. The van der Waals surface area contributed by atoms with Gasteiger partial charge in [-0.1, -0.05) is 84.9 Å². The van der Waals surface area contributed by atoms with Gasteiger partial charge >= 0.3 is 0 Å². The van der Waals surface area contributed by atoms with Crippen molar-refractivity contribution in [2.45, 2.75) is 0 Å². The normalized spacial score (nSPS) is 11.5. The Morgan fingerprint density at radius 3 is 1.00 bits per heavy atom. The van der Waals surface area contributed by atoms with Crippen LogP contribution in [0.3, 0.4) is 0 Å². The fourth-order valence-corrected chi connectivity index (χ4v) is 3.64. The number of rotatable bonds is 6. The molecule has 4 aromatic carbocycles. The van der Waals surface area contributed by atoms with E-state index in [9.17, 15) is 0 Å². The maximum Gasteiger partial charge on any atom is 0.118 e. The highest BCUT2D eigenvalue weighted by Crippen LogP contribution is 2.37. The molecule has 0 amide bonds. The molecule has 2 heteroatoms. The van der Waals surface area contributed by atoms with Gasteiger partial charge in [-0.05, 0) is 57.7 Å². The molecule has 0 heterocycles. The van der Waals surface area contributed by atoms with Gasteiger partial charge in [0.1, 0.15) is 11.5 Å². The molecule has 0 saturated heterocycles. The number of ether oxygens (including phenoxy) is 2. The van der Waals surface area contributed by atoms with Crippen molar-refractivity contribution in [3.8, 4) is 11.5 Å². The van der Waals surface area contributed by atoms with Crippen LogP contribution in [0.2, 0.25) is 0 Å². The highest BCUT2D eigenvalue weighted by molar-refractivity contribution is 6.04. The zero-order chi connectivity index (χ0) is 20.8. The van der Waals surface area contributed by atoms with E-state index >= 15 is 0 Å². The number of hydrogen-bond acceptors (Lipinski definition) is 2. The standard InChI is InChI=1S/C28H24O2/c1-29-25-17-13-23(14-18-25)27(21-9-5-3-6-10-21)28(22-11-7-4-8-12-22)24-15-19-26(30-2)20-16-24/h3-20H,1-2H3. The quantitative estimate of drug-likeness (QED) is 0.339. The van der Waals surface area contributed by atoms with E-state index in [0.717, 1.165) is 33.8 Å². The summed E-state index contributed by atoms with van der Waals surface area (Å²) < 4.78 is 10.8. The fourth-order valence-electron chi connectivity index (χ4n) is 3.64. The first-order chi connectivity index (χ1) is 14.8. The molecule has 0 radical (unpaired) electrons. The lowest BCUT2D eigenvalue weighted by atomic mass is 9.86. The van der Waals surface area contributed by atoms with Crippen molar-refractivity contribution in [2.24, 2.45) is 0 Å². The van der Waals surface area contributed by atoms with E-state index in [1.807, 2.05) is 36.4 Å². The minimum Gasteiger partial charge on any atom is -0.497 e. The van der Waals surface area contributed by atoms with Gasteiger partial charge in [0.25, 0.3) is 0 Å². The van der Waals surface area contributed by atoms with Crippen molar-refractivity contribution in [2.75, 3.05) is 14.2 Å². The molecule has 0 aliphatic rings. The summed E-state index contributed by atoms with van der Waals surface area (Å²) in [5.74, 6) is 1.69. The molecule has 0 saturated carbocycles. The van der Waals surface area contributed by atoms with E-state index in [-0.39, 0.29) is 0 Å². The van der Waals surface area contributed by atoms with Crippen LogP contribution < -0.4 is 9.47 Å². The SMILES string of the molecule is COc1ccc(C(=C(c2ccccc2)c2ccc(OC)cc2)c2ccccc2)cc1. The molecular formula is C28H24O2. The fraction of sp³-hybridized carbons (Fsp3) is 0.0714. The van der Waals surface area contributed by atoms with Crippen LogP contribution in [0.25, 0.3) is 11.1 Å². The molecule has 4 rings (SSSR count). The zero-order valence-electron chi connectivity index (χ0n) is 17.2. The maximum absolute atomic E-state index is 5.38. The summed E-state index contributed by atoms with van der Waals surface area (Å²) >= 11 is 0. The molecule has 0 aliphatic carbocycles. The van der Waals surface area contributed by atoms with Gasteiger partial charge in [0.15, 0.2) is 0 Å². The Bertz CT molecular complexity index is 1020. The summed E-state index contributed by atoms with van der Waals surface area (Å²) in [5.41, 5.74) is 6.95. The largest absolute Gasteiger partial charge is 0.497 e. The van der Waals surface area contributed by atoms with Crippen molar-refractivity contribution in [3.63, 3.8) is 0 Å². The van der Waals surface area contributed by atoms with Crippen LogP contribution in [0, 0.1) is 0 Å². The molecule has 4 aromatic rings. The molecule has 30 heavy (non-hydrogen) atoms. The van der Waals surface area contributed by atoms with Crippen LogP contribution in [0.5, 0.6) is 11.5 Å². The van der Waals surface area contributed by atoms with Gasteiger partial charge < -0.3 is 9.47 Å². The highest BCUT2D eigenvalue weighted by atomic mass is 16.5. The molecular weight excluding hydrogens is 368 g/mol. The van der Waals surface area contributed by atoms with Crippen molar-refractivity contribution < 1.29 is 9.47 Å². The van der Waals surface area contributed by atoms with E-state index in [1.165, 1.54) is 11.1 Å².